The number of ether oxygens (including phenoxy) is 2. The first-order valence-electron chi connectivity index (χ1n) is 16.8. The molecule has 4 rings (SSSR count). The molecule has 0 spiro atoms. The Morgan fingerprint density at radius 3 is 1.89 bits per heavy atom. The molecule has 0 atom stereocenters. The van der Waals surface area contributed by atoms with Gasteiger partial charge in [-0.25, -0.2) is 9.59 Å². The van der Waals surface area contributed by atoms with Crippen LogP contribution in [0.5, 0.6) is 0 Å². The Kier molecular flexibility index (Phi) is 13.1. The fourth-order valence-corrected chi connectivity index (χ4v) is 7.33. The minimum Gasteiger partial charge on any atom is -0.462 e. The van der Waals surface area contributed by atoms with E-state index in [9.17, 15) is 19.8 Å². The molecule has 2 aliphatic rings. The summed E-state index contributed by atoms with van der Waals surface area (Å²) in [4.78, 5) is 24.3. The van der Waals surface area contributed by atoms with Crippen LogP contribution in [0.2, 0.25) is 0 Å². The molecule has 6 nitrogen and oxygen atoms in total. The minimum absolute atomic E-state index is 0.00402. The van der Waals surface area contributed by atoms with Crippen LogP contribution in [-0.2, 0) is 25.5 Å². The molecule has 0 aliphatic heterocycles. The third-order valence-corrected chi connectivity index (χ3v) is 10.2. The molecule has 2 N–H and O–H groups in total. The van der Waals surface area contributed by atoms with E-state index in [1.807, 2.05) is 0 Å². The van der Waals surface area contributed by atoms with Crippen molar-refractivity contribution >= 4 is 22.7 Å². The molecule has 0 bridgehead atoms. The molecule has 2 fully saturated rings. The lowest BCUT2D eigenvalue weighted by Crippen LogP contribution is -2.33. The van der Waals surface area contributed by atoms with E-state index in [2.05, 4.69) is 56.5 Å². The van der Waals surface area contributed by atoms with Gasteiger partial charge in [0.05, 0.1) is 37.6 Å². The summed E-state index contributed by atoms with van der Waals surface area (Å²) in [5, 5.41) is 21.1. The average molecular weight is 605 g/mol. The molecule has 2 saturated carbocycles. The summed E-state index contributed by atoms with van der Waals surface area (Å²) in [6.07, 6.45) is 14.2. The number of rotatable bonds is 15. The standard InChI is InChI=1S/C38H52O6/c1-4-5-6-7-28-8-9-35-21-34(19-18-33(35)20-28)31-14-10-29(11-15-31)30-12-16-32(17-13-30)36(24-43-37(41)26(2)22-39)25-44-38(42)27(3)23-40/h8-9,18-21,29-32,36,39-40H,2-7,10-17,22-25H2,1H3. The first-order valence-corrected chi connectivity index (χ1v) is 16.8. The third-order valence-electron chi connectivity index (χ3n) is 10.2. The van der Waals surface area contributed by atoms with Crippen molar-refractivity contribution in [2.75, 3.05) is 26.4 Å². The van der Waals surface area contributed by atoms with Crippen molar-refractivity contribution in [1.29, 1.82) is 0 Å². The Bertz CT molecular complexity index is 1230. The second kappa shape index (κ2) is 16.9. The number of aliphatic hydroxyl groups is 2. The van der Waals surface area contributed by atoms with Gasteiger partial charge in [0.25, 0.3) is 0 Å². The molecule has 2 aliphatic carbocycles. The Labute approximate surface area is 263 Å². The Morgan fingerprint density at radius 1 is 0.773 bits per heavy atom. The van der Waals surface area contributed by atoms with Crippen LogP contribution < -0.4 is 0 Å². The fraction of sp³-hybridized carbons (Fsp3) is 0.579. The zero-order valence-corrected chi connectivity index (χ0v) is 26.6. The molecule has 2 aromatic carbocycles. The molecule has 0 amide bonds. The SMILES string of the molecule is C=C(CO)C(=O)OCC(COC(=O)C(=C)CO)C1CCC(C2CCC(c3ccc4cc(CCCCC)ccc4c3)CC2)CC1. The number of carbonyl (C=O) groups excluding carboxylic acids is 2. The van der Waals surface area contributed by atoms with Crippen molar-refractivity contribution in [2.45, 2.75) is 89.9 Å². The molecule has 0 unspecified atom stereocenters. The second-order valence-electron chi connectivity index (χ2n) is 13.2. The molecule has 0 aromatic heterocycles. The first kappa shape index (κ1) is 33.9. The second-order valence-corrected chi connectivity index (χ2v) is 13.2. The largest absolute Gasteiger partial charge is 0.462 e. The monoisotopic (exact) mass is 604 g/mol. The highest BCUT2D eigenvalue weighted by Gasteiger charge is 2.34. The summed E-state index contributed by atoms with van der Waals surface area (Å²) in [5.41, 5.74) is 2.94. The quantitative estimate of drug-likeness (QED) is 0.125. The molecule has 0 radical (unpaired) electrons. The first-order chi connectivity index (χ1) is 21.3. The van der Waals surface area contributed by atoms with Crippen molar-refractivity contribution in [3.05, 3.63) is 71.8 Å². The zero-order chi connectivity index (χ0) is 31.5. The third kappa shape index (κ3) is 9.28. The normalized spacial score (nSPS) is 22.1. The van der Waals surface area contributed by atoms with Crippen LogP contribution in [0.15, 0.2) is 60.7 Å². The number of esters is 2. The number of hydrogen-bond acceptors (Lipinski definition) is 6. The maximum absolute atomic E-state index is 12.1. The number of carbonyl (C=O) groups is 2. The summed E-state index contributed by atoms with van der Waals surface area (Å²) < 4.78 is 10.8. The van der Waals surface area contributed by atoms with Gasteiger partial charge in [-0.3, -0.25) is 0 Å². The van der Waals surface area contributed by atoms with Crippen molar-refractivity contribution in [3.63, 3.8) is 0 Å². The molecule has 0 saturated heterocycles. The Hall–Kier alpha value is -2.96. The summed E-state index contributed by atoms with van der Waals surface area (Å²) in [7, 11) is 0. The van der Waals surface area contributed by atoms with Crippen LogP contribution in [0, 0.1) is 23.7 Å². The van der Waals surface area contributed by atoms with E-state index in [1.165, 1.54) is 73.3 Å². The van der Waals surface area contributed by atoms with Gasteiger partial charge in [-0.2, -0.15) is 0 Å². The molecule has 44 heavy (non-hydrogen) atoms. The smallest absolute Gasteiger partial charge is 0.335 e. The Balaban J connectivity index is 1.28. The number of aryl methyl sites for hydroxylation is 1. The topological polar surface area (TPSA) is 93.1 Å². The van der Waals surface area contributed by atoms with E-state index < -0.39 is 25.2 Å². The van der Waals surface area contributed by atoms with Gasteiger partial charge in [0.2, 0.25) is 0 Å². The number of benzene rings is 2. The maximum Gasteiger partial charge on any atom is 0.335 e. The lowest BCUT2D eigenvalue weighted by molar-refractivity contribution is -0.146. The van der Waals surface area contributed by atoms with Crippen molar-refractivity contribution in [3.8, 4) is 0 Å². The van der Waals surface area contributed by atoms with Crippen molar-refractivity contribution in [2.24, 2.45) is 23.7 Å². The van der Waals surface area contributed by atoms with Crippen molar-refractivity contribution < 1.29 is 29.3 Å². The molecule has 0 heterocycles. The van der Waals surface area contributed by atoms with E-state index in [4.69, 9.17) is 9.47 Å². The number of fused-ring (bicyclic) bond motifs is 1. The highest BCUT2D eigenvalue weighted by Crippen LogP contribution is 2.45. The predicted octanol–water partition coefficient (Wildman–Crippen LogP) is 7.45. The van der Waals surface area contributed by atoms with E-state index >= 15 is 0 Å². The van der Waals surface area contributed by atoms with Gasteiger partial charge in [0, 0.05) is 5.92 Å². The van der Waals surface area contributed by atoms with Crippen molar-refractivity contribution in [1.82, 2.24) is 0 Å². The van der Waals surface area contributed by atoms with Gasteiger partial charge in [0.1, 0.15) is 0 Å². The summed E-state index contributed by atoms with van der Waals surface area (Å²) in [6.45, 7) is 8.62. The molecule has 2 aromatic rings. The number of aliphatic hydroxyl groups excluding tert-OH is 2. The zero-order valence-electron chi connectivity index (χ0n) is 26.6. The van der Waals surface area contributed by atoms with Gasteiger partial charge >= 0.3 is 11.9 Å². The highest BCUT2D eigenvalue weighted by molar-refractivity contribution is 5.88. The van der Waals surface area contributed by atoms with E-state index in [0.717, 1.165) is 31.6 Å². The number of hydrogen-bond donors (Lipinski definition) is 2. The van der Waals surface area contributed by atoms with Gasteiger partial charge in [-0.15, -0.1) is 0 Å². The van der Waals surface area contributed by atoms with E-state index in [0.29, 0.717) is 11.8 Å². The van der Waals surface area contributed by atoms with Crippen LogP contribution in [0.3, 0.4) is 0 Å². The van der Waals surface area contributed by atoms with Gasteiger partial charge in [-0.1, -0.05) is 69.3 Å². The lowest BCUT2D eigenvalue weighted by atomic mass is 9.67. The molecule has 6 heteroatoms. The minimum atomic E-state index is -0.632. The molecular formula is C38H52O6. The fourth-order valence-electron chi connectivity index (χ4n) is 7.33. The summed E-state index contributed by atoms with van der Waals surface area (Å²) >= 11 is 0. The highest BCUT2D eigenvalue weighted by atomic mass is 16.5. The van der Waals surface area contributed by atoms with E-state index in [-0.39, 0.29) is 36.2 Å². The van der Waals surface area contributed by atoms with Gasteiger partial charge in [-0.05, 0) is 110 Å². The molecule has 240 valence electrons. The predicted molar refractivity (Wildman–Crippen MR) is 175 cm³/mol. The van der Waals surface area contributed by atoms with Gasteiger partial charge < -0.3 is 19.7 Å². The van der Waals surface area contributed by atoms with E-state index in [1.54, 1.807) is 0 Å². The average Bonchev–Trinajstić information content (AvgIpc) is 3.07. The Morgan fingerprint density at radius 2 is 1.32 bits per heavy atom. The number of unbranched alkanes of at least 4 members (excludes halogenated alkanes) is 2. The lowest BCUT2D eigenvalue weighted by Gasteiger charge is -2.39. The summed E-state index contributed by atoms with van der Waals surface area (Å²) in [5.74, 6) is 0.917. The summed E-state index contributed by atoms with van der Waals surface area (Å²) in [6, 6.07) is 14.1. The van der Waals surface area contributed by atoms with Crippen LogP contribution in [0.1, 0.15) is 94.6 Å². The molecular weight excluding hydrogens is 552 g/mol. The van der Waals surface area contributed by atoms with Crippen LogP contribution in [0.4, 0.5) is 0 Å². The maximum atomic E-state index is 12.1. The van der Waals surface area contributed by atoms with Crippen LogP contribution in [0.25, 0.3) is 10.8 Å². The van der Waals surface area contributed by atoms with Crippen LogP contribution >= 0.6 is 0 Å². The van der Waals surface area contributed by atoms with Gasteiger partial charge in [0.15, 0.2) is 0 Å². The van der Waals surface area contributed by atoms with Crippen LogP contribution in [-0.4, -0.2) is 48.6 Å².